The molecule has 0 amide bonds. The molecule has 2 aromatic rings. The van der Waals surface area contributed by atoms with E-state index in [0.717, 1.165) is 49.3 Å². The molecule has 1 saturated heterocycles. The van der Waals surface area contributed by atoms with Crippen molar-refractivity contribution in [2.75, 3.05) is 26.3 Å². The zero-order chi connectivity index (χ0) is 14.8. The summed E-state index contributed by atoms with van der Waals surface area (Å²) in [5.74, 6) is 0.927. The second-order valence-corrected chi connectivity index (χ2v) is 5.89. The van der Waals surface area contributed by atoms with Crippen LogP contribution in [0, 0.1) is 18.6 Å². The van der Waals surface area contributed by atoms with Crippen LogP contribution in [0.15, 0.2) is 24.3 Å². The lowest BCUT2D eigenvalue weighted by Crippen LogP contribution is -3.13. The van der Waals surface area contributed by atoms with Crippen molar-refractivity contribution in [2.24, 2.45) is 0 Å². The molecule has 112 valence electrons. The van der Waals surface area contributed by atoms with Gasteiger partial charge in [-0.2, -0.15) is 9.78 Å². The largest absolute Gasteiger partial charge is 0.370 e. The summed E-state index contributed by atoms with van der Waals surface area (Å²) >= 11 is 5.61. The van der Waals surface area contributed by atoms with Crippen LogP contribution in [0.25, 0.3) is 5.69 Å². The van der Waals surface area contributed by atoms with Crippen molar-refractivity contribution in [2.45, 2.75) is 20.5 Å². The molecule has 1 aromatic heterocycles. The van der Waals surface area contributed by atoms with Gasteiger partial charge in [-0.3, -0.25) is 4.57 Å². The van der Waals surface area contributed by atoms with Crippen LogP contribution in [0.2, 0.25) is 0 Å². The second-order valence-electron chi connectivity index (χ2n) is 5.52. The topological polar surface area (TPSA) is 36.4 Å². The lowest BCUT2D eigenvalue weighted by Gasteiger charge is -2.23. The molecular weight excluding hydrogens is 284 g/mol. The molecule has 1 N–H and O–H groups in total. The number of morpholine rings is 1. The van der Waals surface area contributed by atoms with E-state index in [2.05, 4.69) is 36.3 Å². The Morgan fingerprint density at radius 1 is 1.19 bits per heavy atom. The fourth-order valence-corrected chi connectivity index (χ4v) is 2.98. The number of hydrogen-bond acceptors (Lipinski definition) is 3. The minimum absolute atomic E-state index is 0.760. The van der Waals surface area contributed by atoms with Gasteiger partial charge < -0.3 is 9.64 Å². The van der Waals surface area contributed by atoms with E-state index in [1.807, 2.05) is 16.2 Å². The first-order chi connectivity index (χ1) is 10.1. The molecule has 3 rings (SSSR count). The quantitative estimate of drug-likeness (QED) is 0.856. The molecule has 1 aromatic carbocycles. The normalized spacial score (nSPS) is 16.3. The summed E-state index contributed by atoms with van der Waals surface area (Å²) in [7, 11) is 0. The maximum absolute atomic E-state index is 5.61. The molecule has 0 aliphatic carbocycles. The number of hydrogen-bond donors (Lipinski definition) is 1. The summed E-state index contributed by atoms with van der Waals surface area (Å²) in [5, 5.41) is 4.62. The van der Waals surface area contributed by atoms with Crippen molar-refractivity contribution in [3.63, 3.8) is 0 Å². The Morgan fingerprint density at radius 3 is 2.52 bits per heavy atom. The van der Waals surface area contributed by atoms with Crippen LogP contribution in [0.4, 0.5) is 0 Å². The number of rotatable bonds is 3. The fourth-order valence-electron chi connectivity index (χ4n) is 2.64. The van der Waals surface area contributed by atoms with Crippen LogP contribution < -0.4 is 4.90 Å². The van der Waals surface area contributed by atoms with Crippen molar-refractivity contribution in [3.05, 3.63) is 40.4 Å². The summed E-state index contributed by atoms with van der Waals surface area (Å²) in [4.78, 5) is 1.46. The Balaban J connectivity index is 1.89. The van der Waals surface area contributed by atoms with Crippen LogP contribution in [0.5, 0.6) is 0 Å². The first-order valence-corrected chi connectivity index (χ1v) is 7.71. The number of nitrogens with one attached hydrogen (secondary N) is 1. The maximum atomic E-state index is 5.61. The third-order valence-corrected chi connectivity index (χ3v) is 4.26. The van der Waals surface area contributed by atoms with Gasteiger partial charge in [-0.05, 0) is 38.2 Å². The number of ether oxygens (including phenoxy) is 1. The Morgan fingerprint density at radius 2 is 1.86 bits per heavy atom. The molecular formula is C15H21N4OS+. The summed E-state index contributed by atoms with van der Waals surface area (Å²) in [6.07, 6.45) is 0. The van der Waals surface area contributed by atoms with Crippen LogP contribution in [-0.2, 0) is 11.4 Å². The van der Waals surface area contributed by atoms with Gasteiger partial charge >= 0.3 is 0 Å². The minimum atomic E-state index is 0.760. The Hall–Kier alpha value is -1.50. The highest BCUT2D eigenvalue weighted by Crippen LogP contribution is 2.12. The van der Waals surface area contributed by atoms with E-state index in [9.17, 15) is 0 Å². The summed E-state index contributed by atoms with van der Waals surface area (Å²) < 4.78 is 10.1. The van der Waals surface area contributed by atoms with Crippen LogP contribution in [-0.4, -0.2) is 40.7 Å². The van der Waals surface area contributed by atoms with Gasteiger partial charge in [-0.15, -0.1) is 0 Å². The van der Waals surface area contributed by atoms with E-state index in [1.54, 1.807) is 0 Å². The molecule has 2 heterocycles. The molecule has 6 heteroatoms. The highest BCUT2D eigenvalue weighted by atomic mass is 32.1. The summed E-state index contributed by atoms with van der Waals surface area (Å²) in [6.45, 7) is 8.56. The third kappa shape index (κ3) is 3.07. The van der Waals surface area contributed by atoms with E-state index in [-0.39, 0.29) is 0 Å². The van der Waals surface area contributed by atoms with E-state index < -0.39 is 0 Å². The fraction of sp³-hybridized carbons (Fsp3) is 0.467. The zero-order valence-corrected chi connectivity index (χ0v) is 13.3. The van der Waals surface area contributed by atoms with E-state index >= 15 is 0 Å². The van der Waals surface area contributed by atoms with Crippen molar-refractivity contribution in [3.8, 4) is 5.69 Å². The van der Waals surface area contributed by atoms with Gasteiger partial charge in [0.2, 0.25) is 4.77 Å². The van der Waals surface area contributed by atoms with Crippen LogP contribution in [0.1, 0.15) is 11.4 Å². The van der Waals surface area contributed by atoms with Crippen LogP contribution >= 0.6 is 12.2 Å². The number of aromatic nitrogens is 3. The Kier molecular flexibility index (Phi) is 4.19. The molecule has 0 saturated carbocycles. The molecule has 5 nitrogen and oxygen atoms in total. The average Bonchev–Trinajstić information content (AvgIpc) is 2.76. The van der Waals surface area contributed by atoms with E-state index in [4.69, 9.17) is 17.0 Å². The molecule has 0 atom stereocenters. The predicted molar refractivity (Wildman–Crippen MR) is 83.4 cm³/mol. The van der Waals surface area contributed by atoms with Gasteiger partial charge in [-0.1, -0.05) is 17.7 Å². The van der Waals surface area contributed by atoms with E-state index in [1.165, 1.54) is 10.5 Å². The number of nitrogens with zero attached hydrogens (tertiary/aromatic N) is 3. The average molecular weight is 305 g/mol. The molecule has 21 heavy (non-hydrogen) atoms. The standard InChI is InChI=1S/C15H20N4OS/c1-12-3-5-14(6-4-12)19-13(2)16-18(15(19)21)11-17-7-9-20-10-8-17/h3-6H,7-11H2,1-2H3/p+1. The van der Waals surface area contributed by atoms with Gasteiger partial charge in [0, 0.05) is 5.69 Å². The lowest BCUT2D eigenvalue weighted by molar-refractivity contribution is -0.930. The molecule has 0 unspecified atom stereocenters. The van der Waals surface area contributed by atoms with Gasteiger partial charge in [-0.25, -0.2) is 0 Å². The van der Waals surface area contributed by atoms with Gasteiger partial charge in [0.25, 0.3) is 0 Å². The van der Waals surface area contributed by atoms with Crippen molar-refractivity contribution in [1.82, 2.24) is 14.3 Å². The highest BCUT2D eigenvalue weighted by Gasteiger charge is 2.17. The molecule has 1 aliphatic heterocycles. The first-order valence-electron chi connectivity index (χ1n) is 7.30. The monoisotopic (exact) mass is 305 g/mol. The molecule has 1 aliphatic rings. The van der Waals surface area contributed by atoms with Gasteiger partial charge in [0.1, 0.15) is 18.9 Å². The van der Waals surface area contributed by atoms with Gasteiger partial charge in [0.15, 0.2) is 6.67 Å². The molecule has 0 radical (unpaired) electrons. The molecule has 0 spiro atoms. The summed E-state index contributed by atoms with van der Waals surface area (Å²) in [5.41, 5.74) is 2.32. The second kappa shape index (κ2) is 6.09. The van der Waals surface area contributed by atoms with Crippen molar-refractivity contribution in [1.29, 1.82) is 0 Å². The Labute approximate surface area is 129 Å². The summed E-state index contributed by atoms with van der Waals surface area (Å²) in [6, 6.07) is 8.37. The van der Waals surface area contributed by atoms with Crippen molar-refractivity contribution < 1.29 is 9.64 Å². The van der Waals surface area contributed by atoms with Crippen molar-refractivity contribution >= 4 is 12.2 Å². The Bertz CT molecular complexity index is 668. The van der Waals surface area contributed by atoms with Crippen LogP contribution in [0.3, 0.4) is 0 Å². The number of benzene rings is 1. The van der Waals surface area contributed by atoms with E-state index in [0.29, 0.717) is 0 Å². The highest BCUT2D eigenvalue weighted by molar-refractivity contribution is 7.71. The molecule has 1 fully saturated rings. The van der Waals surface area contributed by atoms with Gasteiger partial charge in [0.05, 0.1) is 13.2 Å². The lowest BCUT2D eigenvalue weighted by atomic mass is 10.2. The maximum Gasteiger partial charge on any atom is 0.207 e. The number of quaternary nitrogens is 1. The third-order valence-electron chi connectivity index (χ3n) is 3.87. The zero-order valence-electron chi connectivity index (χ0n) is 12.5. The first kappa shape index (κ1) is 14.4. The minimum Gasteiger partial charge on any atom is -0.370 e. The SMILES string of the molecule is Cc1ccc(-n2c(C)nn(C[NH+]3CCOCC3)c2=S)cc1. The molecule has 0 bridgehead atoms. The predicted octanol–water partition coefficient (Wildman–Crippen LogP) is 0.893. The smallest absolute Gasteiger partial charge is 0.207 e. The number of aryl methyl sites for hydroxylation is 2.